The van der Waals surface area contributed by atoms with Crippen molar-refractivity contribution >= 4 is 5.78 Å². The Kier molecular flexibility index (Phi) is 3.41. The number of fused-ring (bicyclic) bond motifs is 2. The number of carbonyl (C=O) groups is 1. The fraction of sp³-hybridized carbons (Fsp3) is 0.714. The van der Waals surface area contributed by atoms with Crippen LogP contribution in [0.1, 0.15) is 43.1 Å². The zero-order chi connectivity index (χ0) is 13.4. The quantitative estimate of drug-likeness (QED) is 0.838. The van der Waals surface area contributed by atoms with Gasteiger partial charge in [-0.3, -0.25) is 9.48 Å². The van der Waals surface area contributed by atoms with E-state index in [0.717, 1.165) is 31.6 Å². The highest BCUT2D eigenvalue weighted by Gasteiger charge is 2.35. The van der Waals surface area contributed by atoms with E-state index in [0.29, 0.717) is 18.1 Å². The van der Waals surface area contributed by atoms with Gasteiger partial charge in [-0.05, 0) is 26.7 Å². The molecule has 0 amide bonds. The molecule has 0 radical (unpaired) electrons. The lowest BCUT2D eigenvalue weighted by molar-refractivity contribution is 0.00952. The number of Topliss-reactive ketones (excluding diaryl/α,β-unsaturated/α-hetero) is 1. The molecule has 2 aliphatic heterocycles. The van der Waals surface area contributed by atoms with Crippen molar-refractivity contribution in [3.05, 3.63) is 18.0 Å². The second-order valence-electron chi connectivity index (χ2n) is 5.93. The van der Waals surface area contributed by atoms with Crippen molar-refractivity contribution in [2.75, 3.05) is 13.2 Å². The van der Waals surface area contributed by atoms with E-state index in [1.165, 1.54) is 0 Å². The maximum Gasteiger partial charge on any atom is 0.169 e. The molecule has 0 aromatic carbocycles. The minimum Gasteiger partial charge on any atom is -0.378 e. The van der Waals surface area contributed by atoms with E-state index in [9.17, 15) is 4.79 Å². The van der Waals surface area contributed by atoms with Gasteiger partial charge in [0, 0.05) is 30.2 Å². The number of nitrogens with zero attached hydrogens (tertiary/aromatic N) is 2. The fourth-order valence-electron chi connectivity index (χ4n) is 3.03. The maximum absolute atomic E-state index is 12.5. The largest absolute Gasteiger partial charge is 0.378 e. The fourth-order valence-corrected chi connectivity index (χ4v) is 3.03. The van der Waals surface area contributed by atoms with E-state index in [4.69, 9.17) is 4.74 Å². The van der Waals surface area contributed by atoms with E-state index in [-0.39, 0.29) is 11.7 Å². The number of aromatic nitrogens is 2. The summed E-state index contributed by atoms with van der Waals surface area (Å²) in [6.45, 7) is 5.58. The molecule has 0 saturated carbocycles. The van der Waals surface area contributed by atoms with Gasteiger partial charge >= 0.3 is 0 Å². The van der Waals surface area contributed by atoms with Crippen molar-refractivity contribution in [3.8, 4) is 0 Å². The molecule has 0 aliphatic carbocycles. The summed E-state index contributed by atoms with van der Waals surface area (Å²) in [7, 11) is 0. The molecule has 5 heteroatoms. The molecule has 2 atom stereocenters. The van der Waals surface area contributed by atoms with Gasteiger partial charge in [0.1, 0.15) is 0 Å². The van der Waals surface area contributed by atoms with E-state index >= 15 is 0 Å². The number of piperidine rings is 1. The lowest BCUT2D eigenvalue weighted by Gasteiger charge is -2.39. The van der Waals surface area contributed by atoms with Crippen LogP contribution in [-0.4, -0.2) is 40.9 Å². The third kappa shape index (κ3) is 2.58. The molecule has 2 bridgehead atoms. The van der Waals surface area contributed by atoms with Crippen LogP contribution >= 0.6 is 0 Å². The van der Waals surface area contributed by atoms with Crippen LogP contribution < -0.4 is 5.32 Å². The number of hydrogen-bond donors (Lipinski definition) is 1. The summed E-state index contributed by atoms with van der Waals surface area (Å²) in [5.41, 5.74) is 0.750. The monoisotopic (exact) mass is 263 g/mol. The molecule has 2 saturated heterocycles. The number of morpholine rings is 1. The summed E-state index contributed by atoms with van der Waals surface area (Å²) in [5.74, 6) is 0.357. The topological polar surface area (TPSA) is 56.1 Å². The summed E-state index contributed by atoms with van der Waals surface area (Å²) < 4.78 is 7.36. The van der Waals surface area contributed by atoms with Crippen LogP contribution in [0.5, 0.6) is 0 Å². The zero-order valence-electron chi connectivity index (χ0n) is 11.5. The van der Waals surface area contributed by atoms with Gasteiger partial charge in [0.25, 0.3) is 0 Å². The molecule has 3 rings (SSSR count). The molecule has 5 nitrogen and oxygen atoms in total. The van der Waals surface area contributed by atoms with Crippen molar-refractivity contribution in [1.82, 2.24) is 15.1 Å². The van der Waals surface area contributed by atoms with Crippen molar-refractivity contribution in [1.29, 1.82) is 0 Å². The molecule has 1 aromatic rings. The Hall–Kier alpha value is -1.20. The third-order valence-corrected chi connectivity index (χ3v) is 4.03. The van der Waals surface area contributed by atoms with Crippen molar-refractivity contribution in [2.24, 2.45) is 5.92 Å². The summed E-state index contributed by atoms with van der Waals surface area (Å²) in [6, 6.07) is 0.963. The second-order valence-corrected chi connectivity index (χ2v) is 5.93. The Labute approximate surface area is 113 Å². The van der Waals surface area contributed by atoms with Crippen LogP contribution in [0.25, 0.3) is 0 Å². The second kappa shape index (κ2) is 5.06. The van der Waals surface area contributed by atoms with Crippen LogP contribution in [0.15, 0.2) is 12.4 Å². The lowest BCUT2D eigenvalue weighted by atomic mass is 9.83. The van der Waals surface area contributed by atoms with Gasteiger partial charge in [0.2, 0.25) is 0 Å². The van der Waals surface area contributed by atoms with Crippen LogP contribution in [0.4, 0.5) is 0 Å². The normalized spacial score (nSPS) is 30.6. The van der Waals surface area contributed by atoms with E-state index in [1.54, 1.807) is 6.20 Å². The Bertz CT molecular complexity index is 457. The van der Waals surface area contributed by atoms with E-state index in [2.05, 4.69) is 24.3 Å². The van der Waals surface area contributed by atoms with E-state index in [1.807, 2.05) is 10.9 Å². The SMILES string of the molecule is CC(C)n1cc(C(=O)C2CC3COCC(C2)N3)cn1. The number of hydrogen-bond acceptors (Lipinski definition) is 4. The third-order valence-electron chi connectivity index (χ3n) is 4.03. The first-order valence-electron chi connectivity index (χ1n) is 7.05. The molecule has 2 unspecified atom stereocenters. The number of rotatable bonds is 3. The number of nitrogens with one attached hydrogen (secondary N) is 1. The molecule has 2 fully saturated rings. The average molecular weight is 263 g/mol. The Morgan fingerprint density at radius 1 is 1.42 bits per heavy atom. The van der Waals surface area contributed by atoms with Crippen LogP contribution in [0, 0.1) is 5.92 Å². The molecular weight excluding hydrogens is 242 g/mol. The highest BCUT2D eigenvalue weighted by molar-refractivity contribution is 5.97. The molecular formula is C14H21N3O2. The first-order chi connectivity index (χ1) is 9.13. The highest BCUT2D eigenvalue weighted by atomic mass is 16.5. The minimum atomic E-state index is 0.116. The summed E-state index contributed by atoms with van der Waals surface area (Å²) in [5, 5.41) is 7.77. The number of ether oxygens (including phenoxy) is 1. The predicted octanol–water partition coefficient (Wildman–Crippen LogP) is 1.41. The molecule has 1 N–H and O–H groups in total. The van der Waals surface area contributed by atoms with Crippen LogP contribution in [0.3, 0.4) is 0 Å². The standard InChI is InChI=1S/C14H21N3O2/c1-9(2)17-6-11(5-15-17)14(18)10-3-12-7-19-8-13(4-10)16-12/h5-6,9-10,12-13,16H,3-4,7-8H2,1-2H3. The Morgan fingerprint density at radius 3 is 2.68 bits per heavy atom. The first-order valence-corrected chi connectivity index (χ1v) is 7.05. The van der Waals surface area contributed by atoms with Gasteiger partial charge in [-0.15, -0.1) is 0 Å². The molecule has 104 valence electrons. The number of ketones is 1. The molecule has 0 spiro atoms. The average Bonchev–Trinajstić information content (AvgIpc) is 2.87. The van der Waals surface area contributed by atoms with Crippen molar-refractivity contribution in [2.45, 2.75) is 44.8 Å². The van der Waals surface area contributed by atoms with Crippen molar-refractivity contribution < 1.29 is 9.53 Å². The van der Waals surface area contributed by atoms with Gasteiger partial charge in [-0.2, -0.15) is 5.10 Å². The first kappa shape index (κ1) is 12.8. The number of carbonyl (C=O) groups excluding carboxylic acids is 1. The summed E-state index contributed by atoms with van der Waals surface area (Å²) in [6.07, 6.45) is 5.34. The molecule has 3 heterocycles. The summed E-state index contributed by atoms with van der Waals surface area (Å²) >= 11 is 0. The lowest BCUT2D eigenvalue weighted by Crippen LogP contribution is -2.55. The van der Waals surface area contributed by atoms with Crippen molar-refractivity contribution in [3.63, 3.8) is 0 Å². The maximum atomic E-state index is 12.5. The summed E-state index contributed by atoms with van der Waals surface area (Å²) in [4.78, 5) is 12.5. The van der Waals surface area contributed by atoms with Crippen LogP contribution in [-0.2, 0) is 4.74 Å². The molecule has 1 aromatic heterocycles. The van der Waals surface area contributed by atoms with Gasteiger partial charge in [0.15, 0.2) is 5.78 Å². The minimum absolute atomic E-state index is 0.116. The Balaban J connectivity index is 1.72. The predicted molar refractivity (Wildman–Crippen MR) is 71.2 cm³/mol. The van der Waals surface area contributed by atoms with E-state index < -0.39 is 0 Å². The Morgan fingerprint density at radius 2 is 2.11 bits per heavy atom. The molecule has 19 heavy (non-hydrogen) atoms. The highest BCUT2D eigenvalue weighted by Crippen LogP contribution is 2.27. The zero-order valence-corrected chi connectivity index (χ0v) is 11.5. The van der Waals surface area contributed by atoms with Gasteiger partial charge < -0.3 is 10.1 Å². The van der Waals surface area contributed by atoms with Gasteiger partial charge in [0.05, 0.1) is 25.0 Å². The van der Waals surface area contributed by atoms with Gasteiger partial charge in [-0.25, -0.2) is 0 Å². The van der Waals surface area contributed by atoms with Crippen LogP contribution in [0.2, 0.25) is 0 Å². The smallest absolute Gasteiger partial charge is 0.169 e. The molecule has 2 aliphatic rings. The van der Waals surface area contributed by atoms with Gasteiger partial charge in [-0.1, -0.05) is 0 Å².